The molecule has 11 heteroatoms. The fraction of sp³-hybridized carbons (Fsp3) is 0.606. The van der Waals surface area contributed by atoms with Crippen LogP contribution in [0.25, 0.3) is 0 Å². The van der Waals surface area contributed by atoms with Gasteiger partial charge in [0.15, 0.2) is 0 Å². The van der Waals surface area contributed by atoms with E-state index in [9.17, 15) is 35.5 Å². The normalized spacial score (nSPS) is 26.6. The zero-order valence-electron chi connectivity index (χ0n) is 25.3. The van der Waals surface area contributed by atoms with Gasteiger partial charge in [-0.15, -0.1) is 0 Å². The summed E-state index contributed by atoms with van der Waals surface area (Å²) < 4.78 is 101. The summed E-state index contributed by atoms with van der Waals surface area (Å²) in [5.74, 6) is -0.399. The highest BCUT2D eigenvalue weighted by Gasteiger charge is 2.51. The maximum Gasteiger partial charge on any atom is 0.416 e. The molecule has 2 aromatic carbocycles. The lowest BCUT2D eigenvalue weighted by Gasteiger charge is -2.45. The first kappa shape index (κ1) is 32.7. The molecule has 0 saturated carbocycles. The largest absolute Gasteiger partial charge is 0.416 e. The number of carbonyl (C=O) groups is 1. The van der Waals surface area contributed by atoms with Gasteiger partial charge in [0.2, 0.25) is 5.91 Å². The lowest BCUT2D eigenvalue weighted by atomic mass is 9.73. The summed E-state index contributed by atoms with van der Waals surface area (Å²) >= 11 is 0. The number of carbonyl (C=O) groups excluding carboxylic acids is 1. The van der Waals surface area contributed by atoms with Crippen LogP contribution < -0.4 is 0 Å². The van der Waals surface area contributed by atoms with Crippen LogP contribution in [0.3, 0.4) is 0 Å². The molecule has 3 heterocycles. The van der Waals surface area contributed by atoms with E-state index in [-0.39, 0.29) is 41.6 Å². The summed E-state index contributed by atoms with van der Waals surface area (Å²) in [6.45, 7) is 10.0. The molecule has 3 aliphatic heterocycles. The highest BCUT2D eigenvalue weighted by Crippen LogP contribution is 2.47. The number of hydrogen-bond donors (Lipinski definition) is 0. The van der Waals surface area contributed by atoms with Gasteiger partial charge in [-0.25, -0.2) is 4.39 Å². The first-order valence-electron chi connectivity index (χ1n) is 15.2. The van der Waals surface area contributed by atoms with Crippen LogP contribution in [0, 0.1) is 17.7 Å². The van der Waals surface area contributed by atoms with E-state index in [4.69, 9.17) is 4.74 Å². The van der Waals surface area contributed by atoms with Crippen molar-refractivity contribution in [3.05, 3.63) is 70.5 Å². The van der Waals surface area contributed by atoms with Gasteiger partial charge < -0.3 is 9.64 Å². The van der Waals surface area contributed by atoms with Gasteiger partial charge in [-0.3, -0.25) is 9.69 Å². The lowest BCUT2D eigenvalue weighted by molar-refractivity contribution is -0.143. The third-order valence-corrected chi connectivity index (χ3v) is 9.76. The van der Waals surface area contributed by atoms with Gasteiger partial charge in [0.05, 0.1) is 23.3 Å². The fourth-order valence-corrected chi connectivity index (χ4v) is 7.38. The molecule has 1 amide bonds. The van der Waals surface area contributed by atoms with Crippen LogP contribution in [-0.4, -0.2) is 53.0 Å². The highest BCUT2D eigenvalue weighted by molar-refractivity contribution is 5.78. The van der Waals surface area contributed by atoms with Crippen molar-refractivity contribution in [3.63, 3.8) is 0 Å². The molecule has 3 aliphatic rings. The standard InChI is InChI=1S/C33H39F7N2O2/c1-19(22-13-24(32(35,36)37)17-25(14-22)33(38,39)40)44-28-18-42-27(30(28)21-5-7-26(34)8-6-21)15-23(16-29(42)43)20-9-11-41(12-10-20)31(2,3)4/h5-8,13-14,17,19-20,23,27-28,30H,9-12,15-16,18H2,1-4H3/t19-,23?,27?,28+,30?/m1/s1. The number of alkyl halides is 6. The van der Waals surface area contributed by atoms with Gasteiger partial charge in [0.25, 0.3) is 0 Å². The van der Waals surface area contributed by atoms with Crippen LogP contribution in [-0.2, 0) is 21.9 Å². The number of fused-ring (bicyclic) bond motifs is 1. The number of amides is 1. The van der Waals surface area contributed by atoms with Crippen molar-refractivity contribution in [2.45, 2.75) is 95.4 Å². The van der Waals surface area contributed by atoms with Crippen LogP contribution in [0.5, 0.6) is 0 Å². The number of ether oxygens (including phenoxy) is 1. The van der Waals surface area contributed by atoms with Crippen molar-refractivity contribution in [1.29, 1.82) is 0 Å². The molecule has 3 unspecified atom stereocenters. The van der Waals surface area contributed by atoms with Gasteiger partial charge in [0.1, 0.15) is 5.82 Å². The van der Waals surface area contributed by atoms with E-state index in [2.05, 4.69) is 25.7 Å². The van der Waals surface area contributed by atoms with Crippen LogP contribution in [0.15, 0.2) is 42.5 Å². The van der Waals surface area contributed by atoms with E-state index >= 15 is 0 Å². The number of hydrogen-bond acceptors (Lipinski definition) is 3. The van der Waals surface area contributed by atoms with Crippen molar-refractivity contribution in [2.75, 3.05) is 19.6 Å². The summed E-state index contributed by atoms with van der Waals surface area (Å²) in [4.78, 5) is 17.7. The highest BCUT2D eigenvalue weighted by atomic mass is 19.4. The van der Waals surface area contributed by atoms with Crippen molar-refractivity contribution in [3.8, 4) is 0 Å². The molecule has 0 N–H and O–H groups in total. The predicted octanol–water partition coefficient (Wildman–Crippen LogP) is 8.22. The molecular weight excluding hydrogens is 589 g/mol. The molecule has 2 aromatic rings. The zero-order valence-corrected chi connectivity index (χ0v) is 25.3. The Morgan fingerprint density at radius 2 is 1.43 bits per heavy atom. The maximum atomic E-state index is 13.9. The Hall–Kier alpha value is -2.66. The van der Waals surface area contributed by atoms with Gasteiger partial charge >= 0.3 is 12.4 Å². The molecule has 0 spiro atoms. The number of benzene rings is 2. The molecule has 0 bridgehead atoms. The van der Waals surface area contributed by atoms with E-state index in [1.807, 2.05) is 0 Å². The summed E-state index contributed by atoms with van der Waals surface area (Å²) in [6.07, 6.45) is -8.79. The minimum absolute atomic E-state index is 0.0335. The predicted molar refractivity (Wildman–Crippen MR) is 151 cm³/mol. The van der Waals surface area contributed by atoms with Crippen LogP contribution >= 0.6 is 0 Å². The fourth-order valence-electron chi connectivity index (χ4n) is 7.38. The number of likely N-dealkylation sites (tertiary alicyclic amines) is 1. The molecule has 0 radical (unpaired) electrons. The smallest absolute Gasteiger partial charge is 0.368 e. The SMILES string of the molecule is C[C@@H](O[C@H]1CN2C(=O)CC(C3CCN(C(C)(C)C)CC3)CC2C1c1ccc(F)cc1)c1cc(C(F)(F)F)cc(C(F)(F)F)c1. The number of rotatable bonds is 5. The molecule has 4 nitrogen and oxygen atoms in total. The van der Waals surface area contributed by atoms with Gasteiger partial charge in [0, 0.05) is 30.5 Å². The van der Waals surface area contributed by atoms with Gasteiger partial charge in [-0.05, 0) is 113 Å². The van der Waals surface area contributed by atoms with Gasteiger partial charge in [-0.1, -0.05) is 12.1 Å². The third kappa shape index (κ3) is 6.93. The van der Waals surface area contributed by atoms with E-state index in [1.54, 1.807) is 17.0 Å². The molecule has 5 atom stereocenters. The molecule has 242 valence electrons. The average Bonchev–Trinajstić information content (AvgIpc) is 3.30. The lowest BCUT2D eigenvalue weighted by Crippen LogP contribution is -2.50. The van der Waals surface area contributed by atoms with E-state index in [0.717, 1.165) is 25.9 Å². The van der Waals surface area contributed by atoms with Crippen LogP contribution in [0.2, 0.25) is 0 Å². The maximum absolute atomic E-state index is 13.9. The molecule has 5 rings (SSSR count). The topological polar surface area (TPSA) is 32.8 Å². The number of piperidine rings is 2. The Morgan fingerprint density at radius 1 is 0.864 bits per heavy atom. The Labute approximate surface area is 253 Å². The Kier molecular flexibility index (Phi) is 8.87. The summed E-state index contributed by atoms with van der Waals surface area (Å²) in [7, 11) is 0. The zero-order chi connectivity index (χ0) is 32.2. The minimum Gasteiger partial charge on any atom is -0.368 e. The summed E-state index contributed by atoms with van der Waals surface area (Å²) in [5, 5.41) is 0. The van der Waals surface area contributed by atoms with Crippen molar-refractivity contribution in [2.24, 2.45) is 11.8 Å². The Balaban J connectivity index is 1.42. The monoisotopic (exact) mass is 628 g/mol. The van der Waals surface area contributed by atoms with Crippen molar-refractivity contribution >= 4 is 5.91 Å². The molecule has 0 aliphatic carbocycles. The molecule has 44 heavy (non-hydrogen) atoms. The van der Waals surface area contributed by atoms with E-state index in [0.29, 0.717) is 36.5 Å². The van der Waals surface area contributed by atoms with Crippen molar-refractivity contribution < 1.29 is 40.3 Å². The molecule has 0 aromatic heterocycles. The third-order valence-electron chi connectivity index (χ3n) is 9.76. The second kappa shape index (κ2) is 11.9. The second-order valence-electron chi connectivity index (χ2n) is 13.5. The number of nitrogens with zero attached hydrogens (tertiary/aromatic N) is 2. The first-order valence-corrected chi connectivity index (χ1v) is 15.2. The average molecular weight is 629 g/mol. The van der Waals surface area contributed by atoms with Gasteiger partial charge in [-0.2, -0.15) is 26.3 Å². The molecule has 3 saturated heterocycles. The first-order chi connectivity index (χ1) is 20.4. The van der Waals surface area contributed by atoms with E-state index < -0.39 is 47.4 Å². The number of halogens is 7. The summed E-state index contributed by atoms with van der Waals surface area (Å²) in [6, 6.07) is 7.03. The summed E-state index contributed by atoms with van der Waals surface area (Å²) in [5.41, 5.74) is -2.30. The quantitative estimate of drug-likeness (QED) is 0.313. The van der Waals surface area contributed by atoms with Crippen LogP contribution in [0.4, 0.5) is 30.7 Å². The van der Waals surface area contributed by atoms with Crippen LogP contribution in [0.1, 0.15) is 87.7 Å². The second-order valence-corrected chi connectivity index (χ2v) is 13.5. The minimum atomic E-state index is -4.98. The molecule has 3 fully saturated rings. The molecular formula is C33H39F7N2O2. The Bertz CT molecular complexity index is 1300. The van der Waals surface area contributed by atoms with E-state index in [1.165, 1.54) is 19.1 Å². The van der Waals surface area contributed by atoms with Crippen molar-refractivity contribution in [1.82, 2.24) is 9.80 Å². The Morgan fingerprint density at radius 3 is 1.95 bits per heavy atom.